The summed E-state index contributed by atoms with van der Waals surface area (Å²) in [6, 6.07) is 14.8. The minimum absolute atomic E-state index is 0.270. The monoisotopic (exact) mass is 290 g/mol. The van der Waals surface area contributed by atoms with Crippen LogP contribution in [0.4, 0.5) is 0 Å². The Labute approximate surface area is 118 Å². The maximum absolute atomic E-state index is 11.6. The van der Waals surface area contributed by atoms with E-state index in [2.05, 4.69) is 18.2 Å². The van der Waals surface area contributed by atoms with Crippen LogP contribution < -0.4 is 0 Å². The summed E-state index contributed by atoms with van der Waals surface area (Å²) >= 11 is 3.67. The molecular weight excluding hydrogens is 276 g/mol. The molecule has 0 N–H and O–H groups in total. The first-order valence-corrected chi connectivity index (χ1v) is 8.31. The standard InChI is InChI=1S/C15H14O2S2/c1-2-12-7-9-13(10-8-12)11-14-5-3-4-6-15(14)19(16,17)18/h2-10H,1,11H2,(H,16,17,18). The van der Waals surface area contributed by atoms with Gasteiger partial charge in [0.15, 0.2) is 0 Å². The minimum Gasteiger partial charge on any atom is -0.212 e. The Kier molecular flexibility index (Phi) is 4.12. The van der Waals surface area contributed by atoms with Crippen LogP contribution in [0.2, 0.25) is 0 Å². The molecule has 0 fully saturated rings. The molecule has 0 saturated heterocycles. The normalized spacial score (nSPS) is 11.2. The van der Waals surface area contributed by atoms with Gasteiger partial charge in [-0.1, -0.05) is 55.1 Å². The molecule has 2 aromatic rings. The fourth-order valence-electron chi connectivity index (χ4n) is 1.89. The molecule has 0 amide bonds. The van der Waals surface area contributed by atoms with Gasteiger partial charge in [-0.25, -0.2) is 8.42 Å². The number of hydrogen-bond donors (Lipinski definition) is 1. The third kappa shape index (κ3) is 3.49. The van der Waals surface area contributed by atoms with Crippen LogP contribution in [0.5, 0.6) is 0 Å². The molecule has 0 aliphatic heterocycles. The van der Waals surface area contributed by atoms with Gasteiger partial charge in [0.05, 0.1) is 4.90 Å². The predicted molar refractivity (Wildman–Crippen MR) is 82.0 cm³/mol. The maximum Gasteiger partial charge on any atom is 0.227 e. The van der Waals surface area contributed by atoms with Gasteiger partial charge in [0, 0.05) is 0 Å². The molecule has 0 saturated carbocycles. The molecule has 0 aliphatic carbocycles. The zero-order valence-electron chi connectivity index (χ0n) is 10.3. The Morgan fingerprint density at radius 3 is 2.26 bits per heavy atom. The lowest BCUT2D eigenvalue weighted by atomic mass is 10.0. The van der Waals surface area contributed by atoms with Gasteiger partial charge in [0.2, 0.25) is 8.87 Å². The summed E-state index contributed by atoms with van der Waals surface area (Å²) in [6.07, 6.45) is 2.34. The van der Waals surface area contributed by atoms with Gasteiger partial charge in [-0.3, -0.25) is 0 Å². The number of hydrogen-bond acceptors (Lipinski definition) is 2. The summed E-state index contributed by atoms with van der Waals surface area (Å²) in [5.41, 5.74) is 2.85. The third-order valence-electron chi connectivity index (χ3n) is 2.86. The van der Waals surface area contributed by atoms with Crippen LogP contribution in [0.15, 0.2) is 60.0 Å². The second-order valence-corrected chi connectivity index (χ2v) is 7.04. The molecule has 0 bridgehead atoms. The molecule has 2 rings (SSSR count). The molecule has 0 radical (unpaired) electrons. The first-order valence-electron chi connectivity index (χ1n) is 5.77. The van der Waals surface area contributed by atoms with Gasteiger partial charge in [-0.05, 0) is 40.8 Å². The summed E-state index contributed by atoms with van der Waals surface area (Å²) in [7, 11) is -3.49. The van der Waals surface area contributed by atoms with E-state index in [1.165, 1.54) is 0 Å². The van der Waals surface area contributed by atoms with Crippen molar-refractivity contribution in [3.63, 3.8) is 0 Å². The molecule has 0 aromatic heterocycles. The first-order chi connectivity index (χ1) is 9.00. The lowest BCUT2D eigenvalue weighted by molar-refractivity contribution is 0.610. The van der Waals surface area contributed by atoms with E-state index in [9.17, 15) is 8.42 Å². The molecule has 0 spiro atoms. The Balaban J connectivity index is 2.35. The lowest BCUT2D eigenvalue weighted by Crippen LogP contribution is -1.99. The molecule has 4 heteroatoms. The average Bonchev–Trinajstić information content (AvgIpc) is 2.39. The van der Waals surface area contributed by atoms with Crippen LogP contribution in [-0.2, 0) is 15.3 Å². The second-order valence-electron chi connectivity index (χ2n) is 4.21. The van der Waals surface area contributed by atoms with Gasteiger partial charge in [0.1, 0.15) is 0 Å². The molecule has 0 aliphatic rings. The van der Waals surface area contributed by atoms with Gasteiger partial charge < -0.3 is 0 Å². The zero-order valence-corrected chi connectivity index (χ0v) is 12.0. The topological polar surface area (TPSA) is 34.1 Å². The van der Waals surface area contributed by atoms with E-state index < -0.39 is 8.87 Å². The largest absolute Gasteiger partial charge is 0.227 e. The molecule has 0 unspecified atom stereocenters. The Morgan fingerprint density at radius 1 is 1.05 bits per heavy atom. The van der Waals surface area contributed by atoms with Gasteiger partial charge in [0.25, 0.3) is 0 Å². The summed E-state index contributed by atoms with van der Waals surface area (Å²) in [4.78, 5) is 0.270. The molecular formula is C15H14O2S2. The number of thiol groups is 1. The molecule has 0 heterocycles. The third-order valence-corrected chi connectivity index (χ3v) is 4.40. The van der Waals surface area contributed by atoms with Crippen molar-refractivity contribution in [2.45, 2.75) is 11.3 Å². The van der Waals surface area contributed by atoms with Crippen LogP contribution in [0.25, 0.3) is 6.08 Å². The molecule has 0 atom stereocenters. The number of benzene rings is 2. The fourth-order valence-corrected chi connectivity index (χ4v) is 3.15. The summed E-state index contributed by atoms with van der Waals surface area (Å²) in [5, 5.41) is 0. The quantitative estimate of drug-likeness (QED) is 0.690. The van der Waals surface area contributed by atoms with Crippen molar-refractivity contribution >= 4 is 26.6 Å². The van der Waals surface area contributed by atoms with Crippen molar-refractivity contribution in [3.8, 4) is 0 Å². The van der Waals surface area contributed by atoms with Gasteiger partial charge in [-0.15, -0.1) is 0 Å². The van der Waals surface area contributed by atoms with Crippen molar-refractivity contribution in [2.75, 3.05) is 0 Å². The molecule has 2 aromatic carbocycles. The average molecular weight is 290 g/mol. The number of rotatable bonds is 4. The summed E-state index contributed by atoms with van der Waals surface area (Å²) in [5.74, 6) is 0. The van der Waals surface area contributed by atoms with E-state index in [0.717, 1.165) is 16.7 Å². The van der Waals surface area contributed by atoms with E-state index in [0.29, 0.717) is 6.42 Å². The van der Waals surface area contributed by atoms with Crippen LogP contribution in [0.1, 0.15) is 16.7 Å². The van der Waals surface area contributed by atoms with Crippen LogP contribution in [-0.4, -0.2) is 8.42 Å². The second kappa shape index (κ2) is 5.63. The SMILES string of the molecule is C=Cc1ccc(Cc2ccccc2S(=O)(=O)S)cc1. The smallest absolute Gasteiger partial charge is 0.212 e. The highest BCUT2D eigenvalue weighted by Crippen LogP contribution is 2.22. The van der Waals surface area contributed by atoms with Gasteiger partial charge in [-0.2, -0.15) is 0 Å². The molecule has 98 valence electrons. The highest BCUT2D eigenvalue weighted by atomic mass is 33.1. The van der Waals surface area contributed by atoms with E-state index in [1.54, 1.807) is 18.2 Å². The lowest BCUT2D eigenvalue weighted by Gasteiger charge is -2.07. The molecule has 2 nitrogen and oxygen atoms in total. The minimum atomic E-state index is -3.49. The van der Waals surface area contributed by atoms with E-state index in [4.69, 9.17) is 0 Å². The van der Waals surface area contributed by atoms with Crippen molar-refractivity contribution in [1.29, 1.82) is 0 Å². The van der Waals surface area contributed by atoms with Crippen molar-refractivity contribution in [1.82, 2.24) is 0 Å². The van der Waals surface area contributed by atoms with Crippen molar-refractivity contribution < 1.29 is 8.42 Å². The Morgan fingerprint density at radius 2 is 1.68 bits per heavy atom. The maximum atomic E-state index is 11.6. The highest BCUT2D eigenvalue weighted by molar-refractivity contribution is 8.63. The summed E-state index contributed by atoms with van der Waals surface area (Å²) < 4.78 is 23.2. The molecule has 19 heavy (non-hydrogen) atoms. The van der Waals surface area contributed by atoms with Crippen LogP contribution in [0.3, 0.4) is 0 Å². The van der Waals surface area contributed by atoms with E-state index in [1.807, 2.05) is 36.4 Å². The predicted octanol–water partition coefficient (Wildman–Crippen LogP) is 3.54. The van der Waals surface area contributed by atoms with Gasteiger partial charge >= 0.3 is 0 Å². The highest BCUT2D eigenvalue weighted by Gasteiger charge is 2.13. The van der Waals surface area contributed by atoms with E-state index in [-0.39, 0.29) is 4.90 Å². The zero-order chi connectivity index (χ0) is 13.9. The van der Waals surface area contributed by atoms with Crippen LogP contribution >= 0.6 is 11.7 Å². The fraction of sp³-hybridized carbons (Fsp3) is 0.0667. The van der Waals surface area contributed by atoms with Crippen molar-refractivity contribution in [2.24, 2.45) is 0 Å². The van der Waals surface area contributed by atoms with E-state index >= 15 is 0 Å². The Bertz CT molecular complexity index is 686. The Hall–Kier alpha value is -1.52. The van der Waals surface area contributed by atoms with Crippen LogP contribution in [0, 0.1) is 0 Å². The summed E-state index contributed by atoms with van der Waals surface area (Å²) in [6.45, 7) is 3.70. The first kappa shape index (κ1) is 13.9. The van der Waals surface area contributed by atoms with Crippen molar-refractivity contribution in [3.05, 3.63) is 71.8 Å².